The Morgan fingerprint density at radius 3 is 2.62 bits per heavy atom. The molecule has 4 rings (SSSR count). The van der Waals surface area contributed by atoms with Gasteiger partial charge in [-0.05, 0) is 53.9 Å². The van der Waals surface area contributed by atoms with Crippen LogP contribution in [0.3, 0.4) is 0 Å². The minimum atomic E-state index is -0.339. The van der Waals surface area contributed by atoms with E-state index in [0.717, 1.165) is 16.7 Å². The first-order valence-electron chi connectivity index (χ1n) is 9.18. The van der Waals surface area contributed by atoms with E-state index in [2.05, 4.69) is 24.1 Å². The molecule has 3 aromatic carbocycles. The number of carbonyl (C=O) groups excluding carboxylic acids is 1. The maximum Gasteiger partial charge on any atom is 0.257 e. The third-order valence-corrected chi connectivity index (χ3v) is 5.46. The Bertz CT molecular complexity index is 1210. The lowest BCUT2D eigenvalue weighted by Gasteiger charge is -2.08. The Hall–Kier alpha value is -2.82. The Morgan fingerprint density at radius 2 is 1.83 bits per heavy atom. The number of halogens is 2. The molecule has 0 unspecified atom stereocenters. The second-order valence-electron chi connectivity index (χ2n) is 7.04. The van der Waals surface area contributed by atoms with E-state index in [4.69, 9.17) is 27.6 Å². The largest absolute Gasteiger partial charge is 0.436 e. The molecule has 1 N–H and O–H groups in total. The van der Waals surface area contributed by atoms with E-state index in [9.17, 15) is 4.79 Å². The summed E-state index contributed by atoms with van der Waals surface area (Å²) >= 11 is 12.1. The summed E-state index contributed by atoms with van der Waals surface area (Å²) in [6.45, 7) is 4.28. The molecule has 0 radical (unpaired) electrons. The normalized spacial score (nSPS) is 11.2. The average molecular weight is 425 g/mol. The maximum absolute atomic E-state index is 12.6. The second kappa shape index (κ2) is 7.90. The monoisotopic (exact) mass is 424 g/mol. The van der Waals surface area contributed by atoms with Gasteiger partial charge in [0.25, 0.3) is 5.91 Å². The van der Waals surface area contributed by atoms with Crippen LogP contribution >= 0.6 is 23.2 Å². The number of carbonyl (C=O) groups is 1. The van der Waals surface area contributed by atoms with Gasteiger partial charge in [-0.3, -0.25) is 4.79 Å². The van der Waals surface area contributed by atoms with E-state index in [0.29, 0.717) is 28.1 Å². The van der Waals surface area contributed by atoms with Gasteiger partial charge in [-0.15, -0.1) is 0 Å². The van der Waals surface area contributed by atoms with E-state index in [-0.39, 0.29) is 10.9 Å². The fourth-order valence-electron chi connectivity index (χ4n) is 3.03. The fourth-order valence-corrected chi connectivity index (χ4v) is 3.42. The summed E-state index contributed by atoms with van der Waals surface area (Å²) < 4.78 is 5.91. The van der Waals surface area contributed by atoms with Gasteiger partial charge in [-0.2, -0.15) is 0 Å². The SMILES string of the molecule is CC(C)c1ccc2oc(-c3cccc(NC(=O)c4cccc(Cl)c4Cl)c3)nc2c1. The minimum absolute atomic E-state index is 0.225. The van der Waals surface area contributed by atoms with Crippen LogP contribution < -0.4 is 5.32 Å². The number of hydrogen-bond acceptors (Lipinski definition) is 3. The van der Waals surface area contributed by atoms with E-state index in [1.54, 1.807) is 24.3 Å². The zero-order valence-electron chi connectivity index (χ0n) is 15.9. The van der Waals surface area contributed by atoms with Gasteiger partial charge in [-0.25, -0.2) is 4.98 Å². The van der Waals surface area contributed by atoms with E-state index in [1.807, 2.05) is 36.4 Å². The molecule has 0 spiro atoms. The number of anilines is 1. The van der Waals surface area contributed by atoms with Crippen molar-refractivity contribution in [3.8, 4) is 11.5 Å². The predicted octanol–water partition coefficient (Wildman–Crippen LogP) is 7.18. The molecule has 4 aromatic rings. The molecule has 0 aliphatic rings. The molecule has 1 aromatic heterocycles. The van der Waals surface area contributed by atoms with Gasteiger partial charge in [0, 0.05) is 11.3 Å². The Labute approximate surface area is 178 Å². The number of rotatable bonds is 4. The maximum atomic E-state index is 12.6. The van der Waals surface area contributed by atoms with Crippen molar-refractivity contribution in [1.29, 1.82) is 0 Å². The van der Waals surface area contributed by atoms with Gasteiger partial charge in [0.05, 0.1) is 15.6 Å². The number of amides is 1. The van der Waals surface area contributed by atoms with Crippen LogP contribution in [0.25, 0.3) is 22.6 Å². The zero-order chi connectivity index (χ0) is 20.5. The van der Waals surface area contributed by atoms with E-state index in [1.165, 1.54) is 5.56 Å². The highest BCUT2D eigenvalue weighted by atomic mass is 35.5. The molecule has 146 valence electrons. The van der Waals surface area contributed by atoms with Crippen molar-refractivity contribution in [2.24, 2.45) is 0 Å². The van der Waals surface area contributed by atoms with Crippen LogP contribution in [0.5, 0.6) is 0 Å². The van der Waals surface area contributed by atoms with Crippen molar-refractivity contribution in [2.45, 2.75) is 19.8 Å². The van der Waals surface area contributed by atoms with Gasteiger partial charge in [0.15, 0.2) is 5.58 Å². The molecule has 0 aliphatic heterocycles. The van der Waals surface area contributed by atoms with E-state index < -0.39 is 0 Å². The molecule has 0 saturated heterocycles. The molecular formula is C23H18Cl2N2O2. The van der Waals surface area contributed by atoms with Crippen molar-refractivity contribution >= 4 is 45.9 Å². The smallest absolute Gasteiger partial charge is 0.257 e. The van der Waals surface area contributed by atoms with Crippen LogP contribution in [0.1, 0.15) is 35.7 Å². The molecule has 0 saturated carbocycles. The van der Waals surface area contributed by atoms with Crippen LogP contribution in [-0.4, -0.2) is 10.9 Å². The first-order chi connectivity index (χ1) is 13.9. The number of oxazole rings is 1. The van der Waals surface area contributed by atoms with Crippen molar-refractivity contribution in [1.82, 2.24) is 4.98 Å². The van der Waals surface area contributed by atoms with Crippen LogP contribution in [0.4, 0.5) is 5.69 Å². The number of hydrogen-bond donors (Lipinski definition) is 1. The van der Waals surface area contributed by atoms with Crippen molar-refractivity contribution in [3.63, 3.8) is 0 Å². The topological polar surface area (TPSA) is 55.1 Å². The van der Waals surface area contributed by atoms with Gasteiger partial charge < -0.3 is 9.73 Å². The van der Waals surface area contributed by atoms with Gasteiger partial charge in [-0.1, -0.05) is 55.2 Å². The van der Waals surface area contributed by atoms with Crippen LogP contribution in [0.15, 0.2) is 65.1 Å². The highest BCUT2D eigenvalue weighted by Gasteiger charge is 2.14. The first kappa shape index (κ1) is 19.5. The van der Waals surface area contributed by atoms with Crippen molar-refractivity contribution in [3.05, 3.63) is 81.8 Å². The number of nitrogens with one attached hydrogen (secondary N) is 1. The molecule has 6 heteroatoms. The Kier molecular flexibility index (Phi) is 5.31. The zero-order valence-corrected chi connectivity index (χ0v) is 17.4. The van der Waals surface area contributed by atoms with Gasteiger partial charge in [0.2, 0.25) is 5.89 Å². The molecule has 1 amide bonds. The summed E-state index contributed by atoms with van der Waals surface area (Å²) in [4.78, 5) is 17.2. The molecule has 0 aliphatic carbocycles. The molecule has 0 atom stereocenters. The average Bonchev–Trinajstić information content (AvgIpc) is 3.13. The highest BCUT2D eigenvalue weighted by molar-refractivity contribution is 6.44. The fraction of sp³-hybridized carbons (Fsp3) is 0.130. The van der Waals surface area contributed by atoms with Crippen LogP contribution in [0, 0.1) is 0 Å². The molecule has 0 fully saturated rings. The van der Waals surface area contributed by atoms with Crippen molar-refractivity contribution in [2.75, 3.05) is 5.32 Å². The summed E-state index contributed by atoms with van der Waals surface area (Å²) in [5, 5.41) is 3.40. The molecule has 29 heavy (non-hydrogen) atoms. The second-order valence-corrected chi connectivity index (χ2v) is 7.82. The number of benzene rings is 3. The lowest BCUT2D eigenvalue weighted by molar-refractivity contribution is 0.102. The lowest BCUT2D eigenvalue weighted by Crippen LogP contribution is -2.12. The van der Waals surface area contributed by atoms with Crippen LogP contribution in [0.2, 0.25) is 10.0 Å². The standard InChI is InChI=1S/C23H18Cl2N2O2/c1-13(2)14-9-10-20-19(12-14)27-23(29-20)15-5-3-6-16(11-15)26-22(28)17-7-4-8-18(24)21(17)25/h3-13H,1-2H3,(H,26,28). The Morgan fingerprint density at radius 1 is 1.03 bits per heavy atom. The minimum Gasteiger partial charge on any atom is -0.436 e. The number of nitrogens with zero attached hydrogens (tertiary/aromatic N) is 1. The summed E-state index contributed by atoms with van der Waals surface area (Å²) in [5.41, 5.74) is 4.43. The number of fused-ring (bicyclic) bond motifs is 1. The van der Waals surface area contributed by atoms with Crippen molar-refractivity contribution < 1.29 is 9.21 Å². The highest BCUT2D eigenvalue weighted by Crippen LogP contribution is 2.29. The summed E-state index contributed by atoms with van der Waals surface area (Å²) in [7, 11) is 0. The number of aromatic nitrogens is 1. The summed E-state index contributed by atoms with van der Waals surface area (Å²) in [5.74, 6) is 0.572. The quantitative estimate of drug-likeness (QED) is 0.377. The molecule has 4 nitrogen and oxygen atoms in total. The van der Waals surface area contributed by atoms with Crippen LogP contribution in [-0.2, 0) is 0 Å². The molecule has 0 bridgehead atoms. The third-order valence-electron chi connectivity index (χ3n) is 4.64. The van der Waals surface area contributed by atoms with Gasteiger partial charge in [0.1, 0.15) is 5.52 Å². The summed E-state index contributed by atoms with van der Waals surface area (Å²) in [6.07, 6.45) is 0. The van der Waals surface area contributed by atoms with Gasteiger partial charge >= 0.3 is 0 Å². The van der Waals surface area contributed by atoms with E-state index >= 15 is 0 Å². The third kappa shape index (κ3) is 4.00. The molecular weight excluding hydrogens is 407 g/mol. The molecule has 1 heterocycles. The lowest BCUT2D eigenvalue weighted by atomic mass is 10.0. The summed E-state index contributed by atoms with van der Waals surface area (Å²) in [6, 6.07) is 18.3. The Balaban J connectivity index is 1.63. The predicted molar refractivity (Wildman–Crippen MR) is 118 cm³/mol. The first-order valence-corrected chi connectivity index (χ1v) is 9.94.